The van der Waals surface area contributed by atoms with Crippen molar-refractivity contribution in [3.8, 4) is 0 Å². The Kier molecular flexibility index (Phi) is 5.55. The maximum Gasteiger partial charge on any atom is 0.243 e. The molecular formula is C18H21N3O3S2. The number of carbonyl (C=O) groups excluding carboxylic acids is 1. The van der Waals surface area contributed by atoms with Gasteiger partial charge in [0.15, 0.2) is 0 Å². The van der Waals surface area contributed by atoms with E-state index in [-0.39, 0.29) is 17.3 Å². The van der Waals surface area contributed by atoms with E-state index in [1.165, 1.54) is 18.0 Å². The van der Waals surface area contributed by atoms with Gasteiger partial charge >= 0.3 is 0 Å². The smallest absolute Gasteiger partial charge is 0.243 e. The summed E-state index contributed by atoms with van der Waals surface area (Å²) < 4.78 is 26.5. The van der Waals surface area contributed by atoms with Crippen LogP contribution in [0, 0.1) is 6.92 Å². The van der Waals surface area contributed by atoms with E-state index in [4.69, 9.17) is 0 Å². The molecule has 1 amide bonds. The number of nitrogens with zero attached hydrogens (tertiary/aromatic N) is 1. The number of benzene rings is 2. The first-order valence-corrected chi connectivity index (χ1v) is 10.7. The van der Waals surface area contributed by atoms with Crippen LogP contribution in [0.4, 0.5) is 11.4 Å². The number of hydrogen-bond acceptors (Lipinski definition) is 5. The lowest BCUT2D eigenvalue weighted by molar-refractivity contribution is -0.115. The SMILES string of the molecule is CNS(=O)(=O)c1cc(NC(=O)CN2CCSc3ccccc32)ccc1C. The molecule has 0 fully saturated rings. The van der Waals surface area contributed by atoms with Gasteiger partial charge in [0.25, 0.3) is 0 Å². The molecule has 138 valence electrons. The van der Waals surface area contributed by atoms with Crippen molar-refractivity contribution in [2.24, 2.45) is 0 Å². The molecule has 1 aliphatic rings. The molecule has 2 aromatic carbocycles. The van der Waals surface area contributed by atoms with Gasteiger partial charge in [-0.3, -0.25) is 4.79 Å². The zero-order valence-electron chi connectivity index (χ0n) is 14.7. The van der Waals surface area contributed by atoms with Crippen LogP contribution in [0.2, 0.25) is 0 Å². The molecule has 6 nitrogen and oxygen atoms in total. The first-order chi connectivity index (χ1) is 12.4. The molecule has 0 bridgehead atoms. The predicted molar refractivity (Wildman–Crippen MR) is 105 cm³/mol. The van der Waals surface area contributed by atoms with Crippen LogP contribution in [-0.4, -0.2) is 40.2 Å². The van der Waals surface area contributed by atoms with Gasteiger partial charge in [0, 0.05) is 22.9 Å². The second kappa shape index (κ2) is 7.69. The van der Waals surface area contributed by atoms with Crippen LogP contribution in [0.3, 0.4) is 0 Å². The average molecular weight is 392 g/mol. The summed E-state index contributed by atoms with van der Waals surface area (Å²) in [6.07, 6.45) is 0. The number of carbonyl (C=O) groups is 1. The van der Waals surface area contributed by atoms with Crippen LogP contribution in [0.25, 0.3) is 0 Å². The van der Waals surface area contributed by atoms with E-state index in [9.17, 15) is 13.2 Å². The van der Waals surface area contributed by atoms with Crippen LogP contribution in [0.1, 0.15) is 5.56 Å². The Morgan fingerprint density at radius 3 is 2.77 bits per heavy atom. The summed E-state index contributed by atoms with van der Waals surface area (Å²) in [7, 11) is -2.20. The Bertz CT molecular complexity index is 929. The maximum atomic E-state index is 12.5. The fourth-order valence-corrected chi connectivity index (χ4v) is 4.89. The molecule has 1 heterocycles. The average Bonchev–Trinajstić information content (AvgIpc) is 2.63. The molecule has 0 aromatic heterocycles. The third-order valence-electron chi connectivity index (χ3n) is 4.19. The van der Waals surface area contributed by atoms with Crippen molar-refractivity contribution >= 4 is 39.1 Å². The van der Waals surface area contributed by atoms with E-state index in [0.29, 0.717) is 11.3 Å². The van der Waals surface area contributed by atoms with Crippen LogP contribution in [0.15, 0.2) is 52.3 Å². The lowest BCUT2D eigenvalue weighted by Gasteiger charge is -2.30. The summed E-state index contributed by atoms with van der Waals surface area (Å²) in [6.45, 7) is 2.74. The summed E-state index contributed by atoms with van der Waals surface area (Å²) in [4.78, 5) is 15.9. The van der Waals surface area contributed by atoms with Crippen LogP contribution >= 0.6 is 11.8 Å². The maximum absolute atomic E-state index is 12.5. The normalized spacial score (nSPS) is 14.0. The lowest BCUT2D eigenvalue weighted by Crippen LogP contribution is -2.36. The fraction of sp³-hybridized carbons (Fsp3) is 0.278. The zero-order chi connectivity index (χ0) is 18.7. The molecule has 8 heteroatoms. The summed E-state index contributed by atoms with van der Waals surface area (Å²) in [6, 6.07) is 12.9. The molecule has 1 aliphatic heterocycles. The molecule has 0 radical (unpaired) electrons. The number of anilines is 2. The number of rotatable bonds is 5. The van der Waals surface area contributed by atoms with Crippen molar-refractivity contribution in [3.63, 3.8) is 0 Å². The summed E-state index contributed by atoms with van der Waals surface area (Å²) in [5.41, 5.74) is 2.15. The van der Waals surface area contributed by atoms with E-state index < -0.39 is 10.0 Å². The van der Waals surface area contributed by atoms with Crippen molar-refractivity contribution in [2.75, 3.05) is 36.1 Å². The molecule has 0 saturated heterocycles. The highest BCUT2D eigenvalue weighted by molar-refractivity contribution is 7.99. The molecule has 0 spiro atoms. The number of aryl methyl sites for hydroxylation is 1. The van der Waals surface area contributed by atoms with Gasteiger partial charge in [-0.1, -0.05) is 18.2 Å². The van der Waals surface area contributed by atoms with Crippen LogP contribution in [-0.2, 0) is 14.8 Å². The molecular weight excluding hydrogens is 370 g/mol. The number of para-hydroxylation sites is 1. The van der Waals surface area contributed by atoms with Gasteiger partial charge in [-0.2, -0.15) is 0 Å². The van der Waals surface area contributed by atoms with Gasteiger partial charge in [0.2, 0.25) is 15.9 Å². The van der Waals surface area contributed by atoms with Gasteiger partial charge in [-0.25, -0.2) is 13.1 Å². The quantitative estimate of drug-likeness (QED) is 0.819. The lowest BCUT2D eigenvalue weighted by atomic mass is 10.2. The fourth-order valence-electron chi connectivity index (χ4n) is 2.84. The molecule has 3 rings (SSSR count). The standard InChI is InChI=1S/C18H21N3O3S2/c1-13-7-8-14(11-17(13)26(23,24)19-2)20-18(22)12-21-9-10-25-16-6-4-3-5-15(16)21/h3-8,11,19H,9-10,12H2,1-2H3,(H,20,22). The largest absolute Gasteiger partial charge is 0.360 e. The molecule has 0 saturated carbocycles. The molecule has 2 aromatic rings. The summed E-state index contributed by atoms with van der Waals surface area (Å²) in [5, 5.41) is 2.80. The number of thioether (sulfide) groups is 1. The Labute approximate surface area is 158 Å². The molecule has 2 N–H and O–H groups in total. The number of hydrogen-bond donors (Lipinski definition) is 2. The summed E-state index contributed by atoms with van der Waals surface area (Å²) >= 11 is 1.79. The summed E-state index contributed by atoms with van der Waals surface area (Å²) in [5.74, 6) is 0.753. The van der Waals surface area contributed by atoms with Crippen molar-refractivity contribution in [3.05, 3.63) is 48.0 Å². The topological polar surface area (TPSA) is 78.5 Å². The third kappa shape index (κ3) is 4.03. The van der Waals surface area contributed by atoms with E-state index in [1.54, 1.807) is 30.8 Å². The van der Waals surface area contributed by atoms with E-state index in [2.05, 4.69) is 16.1 Å². The van der Waals surface area contributed by atoms with E-state index in [0.717, 1.165) is 18.0 Å². The second-order valence-electron chi connectivity index (χ2n) is 5.97. The Morgan fingerprint density at radius 1 is 1.23 bits per heavy atom. The minimum absolute atomic E-state index is 0.164. The Hall–Kier alpha value is -2.03. The number of nitrogens with one attached hydrogen (secondary N) is 2. The monoisotopic (exact) mass is 391 g/mol. The van der Waals surface area contributed by atoms with Crippen molar-refractivity contribution in [1.29, 1.82) is 0 Å². The molecule has 0 unspecified atom stereocenters. The van der Waals surface area contributed by atoms with Gasteiger partial charge < -0.3 is 10.2 Å². The van der Waals surface area contributed by atoms with E-state index >= 15 is 0 Å². The minimum atomic E-state index is -3.57. The van der Waals surface area contributed by atoms with Gasteiger partial charge in [-0.15, -0.1) is 11.8 Å². The number of fused-ring (bicyclic) bond motifs is 1. The van der Waals surface area contributed by atoms with Crippen molar-refractivity contribution < 1.29 is 13.2 Å². The predicted octanol–water partition coefficient (Wildman–Crippen LogP) is 2.45. The second-order valence-corrected chi connectivity index (χ2v) is 8.97. The highest BCUT2D eigenvalue weighted by Crippen LogP contribution is 2.34. The highest BCUT2D eigenvalue weighted by Gasteiger charge is 2.20. The zero-order valence-corrected chi connectivity index (χ0v) is 16.3. The number of sulfonamides is 1. The highest BCUT2D eigenvalue weighted by atomic mass is 32.2. The number of amides is 1. The third-order valence-corrected chi connectivity index (χ3v) is 6.79. The molecule has 0 aliphatic carbocycles. The van der Waals surface area contributed by atoms with Gasteiger partial charge in [0.1, 0.15) is 0 Å². The minimum Gasteiger partial charge on any atom is -0.360 e. The van der Waals surface area contributed by atoms with Gasteiger partial charge in [-0.05, 0) is 43.8 Å². The van der Waals surface area contributed by atoms with Gasteiger partial charge in [0.05, 0.1) is 17.1 Å². The first kappa shape index (κ1) is 18.8. The van der Waals surface area contributed by atoms with Crippen LogP contribution < -0.4 is 14.9 Å². The van der Waals surface area contributed by atoms with Crippen molar-refractivity contribution in [2.45, 2.75) is 16.7 Å². The molecule has 26 heavy (non-hydrogen) atoms. The Morgan fingerprint density at radius 2 is 2.00 bits per heavy atom. The molecule has 0 atom stereocenters. The first-order valence-electron chi connectivity index (χ1n) is 8.21. The van der Waals surface area contributed by atoms with Crippen molar-refractivity contribution in [1.82, 2.24) is 4.72 Å². The van der Waals surface area contributed by atoms with E-state index in [1.807, 2.05) is 23.1 Å². The Balaban J connectivity index is 1.75. The van der Waals surface area contributed by atoms with Crippen LogP contribution in [0.5, 0.6) is 0 Å².